The average Bonchev–Trinajstić information content (AvgIpc) is 3.08. The molecule has 122 valence electrons. The van der Waals surface area contributed by atoms with Gasteiger partial charge in [0.15, 0.2) is 10.2 Å². The van der Waals surface area contributed by atoms with E-state index in [9.17, 15) is 8.78 Å². The summed E-state index contributed by atoms with van der Waals surface area (Å²) in [5.41, 5.74) is 1.68. The fourth-order valence-electron chi connectivity index (χ4n) is 2.91. The summed E-state index contributed by atoms with van der Waals surface area (Å²) in [6.45, 7) is 0. The van der Waals surface area contributed by atoms with Crippen LogP contribution in [0.5, 0.6) is 0 Å². The van der Waals surface area contributed by atoms with Crippen molar-refractivity contribution in [2.24, 2.45) is 0 Å². The van der Waals surface area contributed by atoms with Crippen LogP contribution >= 0.6 is 24.4 Å². The van der Waals surface area contributed by atoms with Crippen molar-refractivity contribution in [2.45, 2.75) is 12.3 Å². The predicted molar refractivity (Wildman–Crippen MR) is 93.4 cm³/mol. The van der Waals surface area contributed by atoms with Crippen molar-refractivity contribution in [3.63, 3.8) is 0 Å². The molecule has 2 aliphatic heterocycles. The van der Waals surface area contributed by atoms with Gasteiger partial charge in [0, 0.05) is 0 Å². The summed E-state index contributed by atoms with van der Waals surface area (Å²) in [4.78, 5) is 0. The van der Waals surface area contributed by atoms with Crippen molar-refractivity contribution in [3.8, 4) is 0 Å². The Hall–Kier alpha value is -2.32. The SMILES string of the molecule is Fc1ccc([C@H]2NC(=S)N3[C@H](c4ccc(F)cc4)NC(=S)N23)cc1. The van der Waals surface area contributed by atoms with Gasteiger partial charge in [0.2, 0.25) is 0 Å². The van der Waals surface area contributed by atoms with E-state index in [1.165, 1.54) is 24.3 Å². The zero-order chi connectivity index (χ0) is 16.8. The molecule has 0 amide bonds. The first-order valence-electron chi connectivity index (χ1n) is 7.25. The molecule has 2 N–H and O–H groups in total. The zero-order valence-corrected chi connectivity index (χ0v) is 13.9. The molecule has 0 spiro atoms. The minimum atomic E-state index is -0.316. The largest absolute Gasteiger partial charge is 0.336 e. The Bertz CT molecular complexity index is 740. The number of hydrazine groups is 1. The second-order valence-electron chi connectivity index (χ2n) is 5.50. The van der Waals surface area contributed by atoms with Gasteiger partial charge >= 0.3 is 0 Å². The minimum absolute atomic E-state index is 0.303. The molecule has 2 aromatic rings. The van der Waals surface area contributed by atoms with Gasteiger partial charge in [0.05, 0.1) is 0 Å². The number of fused-ring (bicyclic) bond motifs is 1. The van der Waals surface area contributed by atoms with Gasteiger partial charge in [-0.1, -0.05) is 24.3 Å². The van der Waals surface area contributed by atoms with Crippen molar-refractivity contribution in [2.75, 3.05) is 0 Å². The Labute approximate surface area is 148 Å². The van der Waals surface area contributed by atoms with Gasteiger partial charge in [-0.2, -0.15) is 0 Å². The van der Waals surface area contributed by atoms with Crippen LogP contribution in [-0.2, 0) is 0 Å². The zero-order valence-electron chi connectivity index (χ0n) is 12.2. The third kappa shape index (κ3) is 2.38. The van der Waals surface area contributed by atoms with Crippen LogP contribution in [-0.4, -0.2) is 20.2 Å². The lowest BCUT2D eigenvalue weighted by atomic mass is 10.1. The lowest BCUT2D eigenvalue weighted by Crippen LogP contribution is -2.36. The first-order valence-corrected chi connectivity index (χ1v) is 8.06. The van der Waals surface area contributed by atoms with Gasteiger partial charge in [0.25, 0.3) is 0 Å². The highest BCUT2D eigenvalue weighted by Gasteiger charge is 2.47. The van der Waals surface area contributed by atoms with Crippen LogP contribution in [0.3, 0.4) is 0 Å². The van der Waals surface area contributed by atoms with E-state index < -0.39 is 0 Å². The first-order chi connectivity index (χ1) is 11.5. The van der Waals surface area contributed by atoms with Gasteiger partial charge in [-0.05, 0) is 59.8 Å². The summed E-state index contributed by atoms with van der Waals surface area (Å²) in [5, 5.41) is 11.0. The second-order valence-corrected chi connectivity index (χ2v) is 6.27. The van der Waals surface area contributed by atoms with Crippen LogP contribution in [0.1, 0.15) is 23.5 Å². The second kappa shape index (κ2) is 5.64. The number of nitrogens with one attached hydrogen (secondary N) is 2. The van der Waals surface area contributed by atoms with Gasteiger partial charge in [-0.3, -0.25) is 0 Å². The van der Waals surface area contributed by atoms with Crippen molar-refractivity contribution in [3.05, 3.63) is 71.3 Å². The minimum Gasteiger partial charge on any atom is -0.336 e. The lowest BCUT2D eigenvalue weighted by molar-refractivity contribution is 0.114. The molecule has 2 aromatic carbocycles. The van der Waals surface area contributed by atoms with E-state index in [-0.39, 0.29) is 24.0 Å². The molecule has 0 aromatic heterocycles. The average molecular weight is 362 g/mol. The van der Waals surface area contributed by atoms with Crippen LogP contribution < -0.4 is 10.6 Å². The number of nitrogens with zero attached hydrogens (tertiary/aromatic N) is 2. The molecule has 4 nitrogen and oxygen atoms in total. The van der Waals surface area contributed by atoms with E-state index in [1.54, 1.807) is 24.3 Å². The molecule has 2 fully saturated rings. The molecule has 4 rings (SSSR count). The molecular formula is C16H12F2N4S2. The van der Waals surface area contributed by atoms with Gasteiger partial charge in [-0.25, -0.2) is 18.8 Å². The van der Waals surface area contributed by atoms with Gasteiger partial charge in [0.1, 0.15) is 24.0 Å². The molecule has 8 heteroatoms. The highest BCUT2D eigenvalue weighted by Crippen LogP contribution is 2.36. The summed E-state index contributed by atoms with van der Waals surface area (Å²) in [7, 11) is 0. The fraction of sp³-hybridized carbons (Fsp3) is 0.125. The molecule has 0 radical (unpaired) electrons. The Balaban J connectivity index is 1.68. The summed E-state index contributed by atoms with van der Waals surface area (Å²) < 4.78 is 26.3. The maximum atomic E-state index is 13.2. The van der Waals surface area contributed by atoms with Crippen molar-refractivity contribution in [1.29, 1.82) is 0 Å². The fourth-order valence-corrected chi connectivity index (χ4v) is 3.52. The maximum absolute atomic E-state index is 13.2. The molecule has 0 saturated carbocycles. The highest BCUT2D eigenvalue weighted by molar-refractivity contribution is 7.80. The molecule has 0 aliphatic carbocycles. The smallest absolute Gasteiger partial charge is 0.192 e. The topological polar surface area (TPSA) is 30.5 Å². The van der Waals surface area contributed by atoms with Crippen molar-refractivity contribution >= 4 is 34.7 Å². The summed E-state index contributed by atoms with van der Waals surface area (Å²) >= 11 is 10.9. The van der Waals surface area contributed by atoms with E-state index in [0.717, 1.165) is 11.1 Å². The Morgan fingerprint density at radius 2 is 1.00 bits per heavy atom. The van der Waals surface area contributed by atoms with Crippen LogP contribution in [0, 0.1) is 11.6 Å². The molecule has 2 heterocycles. The third-order valence-corrected chi connectivity index (χ3v) is 4.64. The third-order valence-electron chi connectivity index (χ3n) is 4.03. The normalized spacial score (nSPS) is 22.4. The molecule has 2 aliphatic rings. The number of hydrogen-bond donors (Lipinski definition) is 2. The van der Waals surface area contributed by atoms with Crippen LogP contribution in [0.2, 0.25) is 0 Å². The van der Waals surface area contributed by atoms with Crippen molar-refractivity contribution in [1.82, 2.24) is 20.7 Å². The number of thiocarbonyl (C=S) groups is 2. The molecular weight excluding hydrogens is 350 g/mol. The van der Waals surface area contributed by atoms with E-state index in [0.29, 0.717) is 10.2 Å². The Kier molecular flexibility index (Phi) is 3.58. The van der Waals surface area contributed by atoms with Crippen molar-refractivity contribution < 1.29 is 8.78 Å². The Morgan fingerprint density at radius 3 is 1.33 bits per heavy atom. The quantitative estimate of drug-likeness (QED) is 0.799. The number of hydrogen-bond acceptors (Lipinski definition) is 2. The van der Waals surface area contributed by atoms with E-state index >= 15 is 0 Å². The number of halogens is 2. The van der Waals surface area contributed by atoms with E-state index in [4.69, 9.17) is 24.4 Å². The predicted octanol–water partition coefficient (Wildman–Crippen LogP) is 2.96. The monoisotopic (exact) mass is 362 g/mol. The summed E-state index contributed by atoms with van der Waals surface area (Å²) in [5.74, 6) is -0.606. The Morgan fingerprint density at radius 1 is 0.667 bits per heavy atom. The van der Waals surface area contributed by atoms with E-state index in [2.05, 4.69) is 10.6 Å². The molecule has 0 unspecified atom stereocenters. The van der Waals surface area contributed by atoms with Crippen LogP contribution in [0.25, 0.3) is 0 Å². The molecule has 2 atom stereocenters. The van der Waals surface area contributed by atoms with E-state index in [1.807, 2.05) is 10.0 Å². The van der Waals surface area contributed by atoms with Crippen LogP contribution in [0.15, 0.2) is 48.5 Å². The number of rotatable bonds is 2. The van der Waals surface area contributed by atoms with Gasteiger partial charge in [-0.15, -0.1) is 0 Å². The molecule has 24 heavy (non-hydrogen) atoms. The standard InChI is InChI=1S/C16H12F2N4S2/c17-11-5-1-9(2-6-11)13-19-15(23)22-14(20-16(24)21(13)22)10-3-7-12(18)8-4-10/h1-8,13-14H,(H,19,23)(H,20,24)/t13-,14+. The first kappa shape index (κ1) is 15.2. The lowest BCUT2D eigenvalue weighted by Gasteiger charge is -2.26. The molecule has 0 bridgehead atoms. The van der Waals surface area contributed by atoms with Crippen LogP contribution in [0.4, 0.5) is 8.78 Å². The van der Waals surface area contributed by atoms with Gasteiger partial charge < -0.3 is 10.6 Å². The summed E-state index contributed by atoms with van der Waals surface area (Å²) in [6.07, 6.45) is -0.632. The number of benzene rings is 2. The highest BCUT2D eigenvalue weighted by atomic mass is 32.1. The maximum Gasteiger partial charge on any atom is 0.192 e. The molecule has 2 saturated heterocycles. The summed E-state index contributed by atoms with van der Waals surface area (Å²) in [6, 6.07) is 12.3.